The van der Waals surface area contributed by atoms with Crippen LogP contribution in [0.2, 0.25) is 0 Å². The van der Waals surface area contributed by atoms with Gasteiger partial charge < -0.3 is 15.8 Å². The zero-order chi connectivity index (χ0) is 12.8. The van der Waals surface area contributed by atoms with E-state index in [0.717, 1.165) is 6.42 Å². The predicted octanol–water partition coefficient (Wildman–Crippen LogP) is 0.104. The summed E-state index contributed by atoms with van der Waals surface area (Å²) in [6, 6.07) is 4.09. The largest absolute Gasteiger partial charge is 0.379 e. The molecule has 98 valence electrons. The molecule has 0 saturated carbocycles. The Bertz CT molecular complexity index is 383. The molecule has 1 aliphatic heterocycles. The van der Waals surface area contributed by atoms with Gasteiger partial charge >= 0.3 is 0 Å². The summed E-state index contributed by atoms with van der Waals surface area (Å²) in [6.45, 7) is 1.66. The molecular formula is C13H19N3O2. The van der Waals surface area contributed by atoms with Gasteiger partial charge in [0.15, 0.2) is 0 Å². The minimum absolute atomic E-state index is 0.00716. The number of rotatable bonds is 5. The van der Waals surface area contributed by atoms with Crippen LogP contribution < -0.4 is 11.1 Å². The quantitative estimate of drug-likeness (QED) is 0.776. The van der Waals surface area contributed by atoms with E-state index in [1.807, 2.05) is 12.1 Å². The molecule has 1 fully saturated rings. The lowest BCUT2D eigenvalue weighted by atomic mass is 9.95. The van der Waals surface area contributed by atoms with Gasteiger partial charge in [0.05, 0.1) is 19.3 Å². The van der Waals surface area contributed by atoms with E-state index in [1.165, 1.54) is 5.56 Å². The highest BCUT2D eigenvalue weighted by Gasteiger charge is 2.29. The second-order valence-corrected chi connectivity index (χ2v) is 4.57. The molecule has 3 N–H and O–H groups in total. The zero-order valence-corrected chi connectivity index (χ0v) is 10.3. The van der Waals surface area contributed by atoms with Gasteiger partial charge in [-0.25, -0.2) is 0 Å². The molecule has 1 aromatic heterocycles. The average molecular weight is 249 g/mol. The lowest BCUT2D eigenvalue weighted by Crippen LogP contribution is -2.41. The van der Waals surface area contributed by atoms with Crippen LogP contribution in [0.4, 0.5) is 0 Å². The van der Waals surface area contributed by atoms with Gasteiger partial charge in [-0.2, -0.15) is 0 Å². The highest BCUT2D eigenvalue weighted by atomic mass is 16.5. The standard InChI is InChI=1S/C13H19N3O2/c14-4-1-13(17)16-12-9-18-8-11(12)7-10-2-5-15-6-3-10/h2-3,5-6,11-12H,1,4,7-9,14H2,(H,16,17)/t11-,12+/m1/s1. The summed E-state index contributed by atoms with van der Waals surface area (Å²) in [5.74, 6) is 0.335. The van der Waals surface area contributed by atoms with Crippen LogP contribution in [0, 0.1) is 5.92 Å². The average Bonchev–Trinajstić information content (AvgIpc) is 2.78. The van der Waals surface area contributed by atoms with Crippen LogP contribution in [0.1, 0.15) is 12.0 Å². The highest BCUT2D eigenvalue weighted by molar-refractivity contribution is 5.76. The smallest absolute Gasteiger partial charge is 0.221 e. The second-order valence-electron chi connectivity index (χ2n) is 4.57. The predicted molar refractivity (Wildman–Crippen MR) is 67.9 cm³/mol. The van der Waals surface area contributed by atoms with Crippen molar-refractivity contribution in [3.8, 4) is 0 Å². The van der Waals surface area contributed by atoms with Crippen LogP contribution in [0.5, 0.6) is 0 Å². The van der Waals surface area contributed by atoms with Crippen molar-refractivity contribution in [2.75, 3.05) is 19.8 Å². The Morgan fingerprint density at radius 3 is 2.94 bits per heavy atom. The number of amides is 1. The van der Waals surface area contributed by atoms with E-state index in [-0.39, 0.29) is 11.9 Å². The van der Waals surface area contributed by atoms with Crippen LogP contribution in [0.25, 0.3) is 0 Å². The van der Waals surface area contributed by atoms with Crippen LogP contribution in [-0.2, 0) is 16.0 Å². The zero-order valence-electron chi connectivity index (χ0n) is 10.3. The number of nitrogens with two attached hydrogens (primary N) is 1. The van der Waals surface area contributed by atoms with E-state index in [0.29, 0.717) is 32.1 Å². The number of nitrogens with one attached hydrogen (secondary N) is 1. The normalized spacial score (nSPS) is 22.9. The fourth-order valence-corrected chi connectivity index (χ4v) is 2.19. The second kappa shape index (κ2) is 6.47. The Morgan fingerprint density at radius 1 is 1.44 bits per heavy atom. The van der Waals surface area contributed by atoms with Gasteiger partial charge in [-0.3, -0.25) is 9.78 Å². The van der Waals surface area contributed by atoms with Crippen molar-refractivity contribution in [2.24, 2.45) is 11.7 Å². The monoisotopic (exact) mass is 249 g/mol. The lowest BCUT2D eigenvalue weighted by molar-refractivity contribution is -0.121. The third-order valence-electron chi connectivity index (χ3n) is 3.16. The Balaban J connectivity index is 1.89. The fourth-order valence-electron chi connectivity index (χ4n) is 2.19. The van der Waals surface area contributed by atoms with E-state index in [2.05, 4.69) is 10.3 Å². The van der Waals surface area contributed by atoms with Crippen molar-refractivity contribution >= 4 is 5.91 Å². The summed E-state index contributed by atoms with van der Waals surface area (Å²) in [7, 11) is 0. The van der Waals surface area contributed by atoms with Crippen molar-refractivity contribution in [3.63, 3.8) is 0 Å². The van der Waals surface area contributed by atoms with Crippen LogP contribution in [0.15, 0.2) is 24.5 Å². The summed E-state index contributed by atoms with van der Waals surface area (Å²) in [4.78, 5) is 15.5. The molecule has 5 nitrogen and oxygen atoms in total. The molecule has 0 bridgehead atoms. The Labute approximate surface area is 107 Å². The summed E-state index contributed by atoms with van der Waals surface area (Å²) in [5.41, 5.74) is 6.58. The Morgan fingerprint density at radius 2 is 2.22 bits per heavy atom. The molecule has 2 atom stereocenters. The molecule has 2 heterocycles. The van der Waals surface area contributed by atoms with Gasteiger partial charge in [-0.05, 0) is 24.1 Å². The van der Waals surface area contributed by atoms with Crippen LogP contribution in [0.3, 0.4) is 0 Å². The van der Waals surface area contributed by atoms with E-state index in [9.17, 15) is 4.79 Å². The Hall–Kier alpha value is -1.46. The molecule has 0 unspecified atom stereocenters. The first kappa shape index (κ1) is 13.0. The van der Waals surface area contributed by atoms with E-state index in [4.69, 9.17) is 10.5 Å². The minimum atomic E-state index is 0.00716. The number of carbonyl (C=O) groups excluding carboxylic acids is 1. The molecule has 18 heavy (non-hydrogen) atoms. The Kier molecular flexibility index (Phi) is 4.66. The van der Waals surface area contributed by atoms with Crippen molar-refractivity contribution < 1.29 is 9.53 Å². The molecule has 1 aliphatic rings. The van der Waals surface area contributed by atoms with Gasteiger partial charge in [0, 0.05) is 31.3 Å². The van der Waals surface area contributed by atoms with Gasteiger partial charge in [0.2, 0.25) is 5.91 Å². The number of nitrogens with zero attached hydrogens (tertiary/aromatic N) is 1. The maximum absolute atomic E-state index is 11.5. The number of carbonyl (C=O) groups is 1. The molecule has 0 aromatic carbocycles. The third kappa shape index (κ3) is 3.51. The van der Waals surface area contributed by atoms with E-state index in [1.54, 1.807) is 12.4 Å². The van der Waals surface area contributed by atoms with Gasteiger partial charge in [0.25, 0.3) is 0 Å². The molecule has 0 spiro atoms. The molecule has 2 rings (SSSR count). The van der Waals surface area contributed by atoms with Crippen LogP contribution >= 0.6 is 0 Å². The SMILES string of the molecule is NCCC(=O)N[C@H]1COC[C@H]1Cc1ccncc1. The van der Waals surface area contributed by atoms with Crippen molar-refractivity contribution in [2.45, 2.75) is 18.9 Å². The summed E-state index contributed by atoms with van der Waals surface area (Å²) in [6.07, 6.45) is 4.84. The minimum Gasteiger partial charge on any atom is -0.379 e. The molecule has 0 radical (unpaired) electrons. The lowest BCUT2D eigenvalue weighted by Gasteiger charge is -2.19. The van der Waals surface area contributed by atoms with Gasteiger partial charge in [-0.15, -0.1) is 0 Å². The number of ether oxygens (including phenoxy) is 1. The first-order valence-corrected chi connectivity index (χ1v) is 6.25. The first-order valence-electron chi connectivity index (χ1n) is 6.25. The molecule has 1 amide bonds. The van der Waals surface area contributed by atoms with Gasteiger partial charge in [0.1, 0.15) is 0 Å². The summed E-state index contributed by atoms with van der Waals surface area (Å²) < 4.78 is 5.46. The molecule has 1 aromatic rings. The van der Waals surface area contributed by atoms with Crippen molar-refractivity contribution in [1.82, 2.24) is 10.3 Å². The summed E-state index contributed by atoms with van der Waals surface area (Å²) >= 11 is 0. The number of aromatic nitrogens is 1. The molecular weight excluding hydrogens is 230 g/mol. The first-order chi connectivity index (χ1) is 8.79. The summed E-state index contributed by atoms with van der Waals surface area (Å²) in [5, 5.41) is 2.99. The van der Waals surface area contributed by atoms with E-state index >= 15 is 0 Å². The highest BCUT2D eigenvalue weighted by Crippen LogP contribution is 2.18. The van der Waals surface area contributed by atoms with Crippen LogP contribution in [-0.4, -0.2) is 36.7 Å². The third-order valence-corrected chi connectivity index (χ3v) is 3.16. The molecule has 0 aliphatic carbocycles. The number of pyridine rings is 1. The maximum atomic E-state index is 11.5. The van der Waals surface area contributed by atoms with Crippen molar-refractivity contribution in [3.05, 3.63) is 30.1 Å². The number of hydrogen-bond donors (Lipinski definition) is 2. The van der Waals surface area contributed by atoms with E-state index < -0.39 is 0 Å². The fraction of sp³-hybridized carbons (Fsp3) is 0.538. The van der Waals surface area contributed by atoms with Gasteiger partial charge in [-0.1, -0.05) is 0 Å². The van der Waals surface area contributed by atoms with Crippen molar-refractivity contribution in [1.29, 1.82) is 0 Å². The topological polar surface area (TPSA) is 77.2 Å². The number of hydrogen-bond acceptors (Lipinski definition) is 4. The molecule has 5 heteroatoms. The molecule has 1 saturated heterocycles. The maximum Gasteiger partial charge on any atom is 0.221 e.